The zero-order valence-corrected chi connectivity index (χ0v) is 12.7. The van der Waals surface area contributed by atoms with Crippen molar-refractivity contribution in [2.75, 3.05) is 0 Å². The second-order valence-electron chi connectivity index (χ2n) is 4.83. The molecule has 0 radical (unpaired) electrons. The van der Waals surface area contributed by atoms with Crippen molar-refractivity contribution in [3.63, 3.8) is 0 Å². The van der Waals surface area contributed by atoms with Gasteiger partial charge in [-0.25, -0.2) is 0 Å². The van der Waals surface area contributed by atoms with Gasteiger partial charge >= 0.3 is 0 Å². The molecule has 88 valence electrons. The largest absolute Gasteiger partial charge is 0.0838 e. The fourth-order valence-electron chi connectivity index (χ4n) is 2.33. The quantitative estimate of drug-likeness (QED) is 0.608. The normalized spacial score (nSPS) is 17.3. The minimum absolute atomic E-state index is 0.494. The Morgan fingerprint density at radius 3 is 2.47 bits per heavy atom. The third-order valence-corrected chi connectivity index (χ3v) is 5.04. The van der Waals surface area contributed by atoms with Gasteiger partial charge in [-0.3, -0.25) is 0 Å². The lowest BCUT2D eigenvalue weighted by atomic mass is 10.00. The number of hydrogen-bond acceptors (Lipinski definition) is 0. The lowest BCUT2D eigenvalue weighted by Crippen LogP contribution is -1.93. The summed E-state index contributed by atoms with van der Waals surface area (Å²) >= 11 is 7.48. The topological polar surface area (TPSA) is 0 Å². The molecular weight excluding hydrogens is 340 g/mol. The van der Waals surface area contributed by atoms with Crippen molar-refractivity contribution in [1.29, 1.82) is 0 Å². The minimum Gasteiger partial charge on any atom is -0.0838 e. The van der Waals surface area contributed by atoms with Crippen LogP contribution in [0.1, 0.15) is 29.7 Å². The predicted octanol–water partition coefficient (Wildman–Crippen LogP) is 5.84. The molecule has 1 aliphatic carbocycles. The molecule has 2 aromatic rings. The molecule has 0 bridgehead atoms. The molecular formula is C15H14Br2. The van der Waals surface area contributed by atoms with Crippen molar-refractivity contribution in [3.05, 3.63) is 46.4 Å². The molecule has 0 heterocycles. The highest BCUT2D eigenvalue weighted by Gasteiger charge is 2.25. The van der Waals surface area contributed by atoms with E-state index in [1.54, 1.807) is 0 Å². The molecule has 0 N–H and O–H groups in total. The Kier molecular flexibility index (Phi) is 3.27. The molecule has 1 saturated carbocycles. The number of hydrogen-bond donors (Lipinski definition) is 0. The summed E-state index contributed by atoms with van der Waals surface area (Å²) in [6, 6.07) is 13.0. The number of fused-ring (bicyclic) bond motifs is 1. The van der Waals surface area contributed by atoms with E-state index in [2.05, 4.69) is 68.3 Å². The van der Waals surface area contributed by atoms with Crippen molar-refractivity contribution >= 4 is 42.6 Å². The van der Waals surface area contributed by atoms with E-state index in [1.807, 2.05) is 0 Å². The molecule has 0 aromatic heterocycles. The molecule has 0 nitrogen and oxygen atoms in total. The van der Waals surface area contributed by atoms with Crippen LogP contribution >= 0.6 is 31.9 Å². The molecule has 0 amide bonds. The van der Waals surface area contributed by atoms with Crippen LogP contribution < -0.4 is 0 Å². The van der Waals surface area contributed by atoms with E-state index >= 15 is 0 Å². The van der Waals surface area contributed by atoms with Gasteiger partial charge in [-0.15, -0.1) is 0 Å². The maximum atomic E-state index is 3.86. The number of benzene rings is 2. The average Bonchev–Trinajstić information content (AvgIpc) is 3.14. The maximum Gasteiger partial charge on any atom is 0.0404 e. The van der Waals surface area contributed by atoms with Gasteiger partial charge in [0, 0.05) is 9.30 Å². The predicted molar refractivity (Wildman–Crippen MR) is 80.7 cm³/mol. The Bertz CT molecular complexity index is 544. The summed E-state index contributed by atoms with van der Waals surface area (Å²) in [5.74, 6) is 0.946. The monoisotopic (exact) mass is 352 g/mol. The summed E-state index contributed by atoms with van der Waals surface area (Å²) in [6.45, 7) is 0. The highest BCUT2D eigenvalue weighted by Crippen LogP contribution is 2.43. The summed E-state index contributed by atoms with van der Waals surface area (Å²) in [6.07, 6.45) is 4.10. The summed E-state index contributed by atoms with van der Waals surface area (Å²) in [4.78, 5) is 0.494. The van der Waals surface area contributed by atoms with Gasteiger partial charge in [0.2, 0.25) is 0 Å². The van der Waals surface area contributed by atoms with E-state index in [0.29, 0.717) is 4.83 Å². The van der Waals surface area contributed by atoms with E-state index in [1.165, 1.54) is 40.1 Å². The van der Waals surface area contributed by atoms with Crippen LogP contribution in [0.25, 0.3) is 10.8 Å². The number of rotatable bonds is 3. The van der Waals surface area contributed by atoms with Crippen molar-refractivity contribution < 1.29 is 0 Å². The van der Waals surface area contributed by atoms with Crippen LogP contribution in [0, 0.1) is 5.92 Å². The Balaban J connectivity index is 2.05. The minimum atomic E-state index is 0.494. The van der Waals surface area contributed by atoms with Crippen molar-refractivity contribution in [2.45, 2.75) is 24.1 Å². The fourth-order valence-corrected chi connectivity index (χ4v) is 3.74. The first kappa shape index (κ1) is 11.7. The first-order valence-electron chi connectivity index (χ1n) is 6.07. The summed E-state index contributed by atoms with van der Waals surface area (Å²) in [5, 5.41) is 2.68. The standard InChI is InChI=1S/C15H14Br2/c16-14-8-7-13(15(17)9-10-5-6-10)11-3-1-2-4-12(11)14/h1-4,7-8,10,15H,5-6,9H2. The summed E-state index contributed by atoms with van der Waals surface area (Å²) in [7, 11) is 0. The van der Waals surface area contributed by atoms with Crippen LogP contribution in [0.2, 0.25) is 0 Å². The zero-order chi connectivity index (χ0) is 11.8. The Morgan fingerprint density at radius 1 is 1.06 bits per heavy atom. The third-order valence-electron chi connectivity index (χ3n) is 3.48. The van der Waals surface area contributed by atoms with Crippen LogP contribution in [0.5, 0.6) is 0 Å². The first-order valence-corrected chi connectivity index (χ1v) is 7.78. The van der Waals surface area contributed by atoms with Gasteiger partial charge in [0.1, 0.15) is 0 Å². The van der Waals surface area contributed by atoms with E-state index in [0.717, 1.165) is 5.92 Å². The SMILES string of the molecule is Brc1ccc(C(Br)CC2CC2)c2ccccc12. The van der Waals surface area contributed by atoms with E-state index in [-0.39, 0.29) is 0 Å². The second kappa shape index (κ2) is 4.74. The molecule has 2 aromatic carbocycles. The molecule has 3 rings (SSSR count). The Labute approximate surface area is 119 Å². The highest BCUT2D eigenvalue weighted by atomic mass is 79.9. The first-order chi connectivity index (χ1) is 8.25. The summed E-state index contributed by atoms with van der Waals surface area (Å²) < 4.78 is 1.18. The second-order valence-corrected chi connectivity index (χ2v) is 6.79. The van der Waals surface area contributed by atoms with Gasteiger partial charge in [-0.05, 0) is 34.7 Å². The van der Waals surface area contributed by atoms with Gasteiger partial charge in [-0.2, -0.15) is 0 Å². The average molecular weight is 354 g/mol. The lowest BCUT2D eigenvalue weighted by Gasteiger charge is -2.13. The van der Waals surface area contributed by atoms with Gasteiger partial charge in [0.15, 0.2) is 0 Å². The molecule has 1 fully saturated rings. The molecule has 1 unspecified atom stereocenters. The van der Waals surface area contributed by atoms with Gasteiger partial charge in [-0.1, -0.05) is 75.0 Å². The van der Waals surface area contributed by atoms with Gasteiger partial charge in [0.25, 0.3) is 0 Å². The van der Waals surface area contributed by atoms with Crippen molar-refractivity contribution in [3.8, 4) is 0 Å². The van der Waals surface area contributed by atoms with Crippen LogP contribution in [0.3, 0.4) is 0 Å². The van der Waals surface area contributed by atoms with E-state index in [4.69, 9.17) is 0 Å². The van der Waals surface area contributed by atoms with Gasteiger partial charge in [0.05, 0.1) is 0 Å². The zero-order valence-electron chi connectivity index (χ0n) is 9.50. The highest BCUT2D eigenvalue weighted by molar-refractivity contribution is 9.10. The van der Waals surface area contributed by atoms with E-state index < -0.39 is 0 Å². The van der Waals surface area contributed by atoms with Crippen LogP contribution in [-0.4, -0.2) is 0 Å². The van der Waals surface area contributed by atoms with Crippen LogP contribution in [-0.2, 0) is 0 Å². The molecule has 0 aliphatic heterocycles. The maximum absolute atomic E-state index is 3.86. The van der Waals surface area contributed by atoms with Crippen molar-refractivity contribution in [1.82, 2.24) is 0 Å². The summed E-state index contributed by atoms with van der Waals surface area (Å²) in [5.41, 5.74) is 1.43. The molecule has 17 heavy (non-hydrogen) atoms. The third kappa shape index (κ3) is 2.43. The van der Waals surface area contributed by atoms with Gasteiger partial charge < -0.3 is 0 Å². The fraction of sp³-hybridized carbons (Fsp3) is 0.333. The Hall–Kier alpha value is -0.340. The molecule has 0 spiro atoms. The molecule has 1 aliphatic rings. The molecule has 1 atom stereocenters. The lowest BCUT2D eigenvalue weighted by molar-refractivity contribution is 0.724. The van der Waals surface area contributed by atoms with E-state index in [9.17, 15) is 0 Å². The smallest absolute Gasteiger partial charge is 0.0404 e. The molecule has 2 heteroatoms. The molecule has 0 saturated heterocycles. The van der Waals surface area contributed by atoms with Crippen molar-refractivity contribution in [2.24, 2.45) is 5.92 Å². The van der Waals surface area contributed by atoms with Crippen LogP contribution in [0.4, 0.5) is 0 Å². The Morgan fingerprint density at radius 2 is 1.76 bits per heavy atom. The number of halogens is 2. The van der Waals surface area contributed by atoms with Crippen LogP contribution in [0.15, 0.2) is 40.9 Å². The number of alkyl halides is 1.